The van der Waals surface area contributed by atoms with E-state index in [0.717, 1.165) is 17.7 Å². The number of unbranched alkanes of at least 4 members (excludes halogenated alkanes) is 6. The van der Waals surface area contributed by atoms with Gasteiger partial charge < -0.3 is 57.4 Å². The summed E-state index contributed by atoms with van der Waals surface area (Å²) in [5.74, 6) is -2.33. The third-order valence-corrected chi connectivity index (χ3v) is 9.85. The first-order chi connectivity index (χ1) is 31.4. The van der Waals surface area contributed by atoms with Crippen LogP contribution in [0, 0.1) is 0 Å². The van der Waals surface area contributed by atoms with Gasteiger partial charge in [0.2, 0.25) is 11.8 Å². The molecule has 2 N–H and O–H groups in total. The highest BCUT2D eigenvalue weighted by molar-refractivity contribution is 6.25. The molecule has 1 unspecified atom stereocenters. The van der Waals surface area contributed by atoms with Crippen molar-refractivity contribution in [2.24, 2.45) is 0 Å². The van der Waals surface area contributed by atoms with Crippen molar-refractivity contribution in [3.63, 3.8) is 0 Å². The third-order valence-electron chi connectivity index (χ3n) is 9.85. The number of amides is 4. The van der Waals surface area contributed by atoms with Crippen LogP contribution in [0.15, 0.2) is 18.2 Å². The zero-order chi connectivity index (χ0) is 45.7. The van der Waals surface area contributed by atoms with Crippen molar-refractivity contribution in [1.82, 2.24) is 10.2 Å². The minimum Gasteiger partial charge on any atom is -0.463 e. The second kappa shape index (κ2) is 36.6. The van der Waals surface area contributed by atoms with Gasteiger partial charge in [-0.15, -0.1) is 0 Å². The van der Waals surface area contributed by atoms with Crippen LogP contribution >= 0.6 is 0 Å². The Morgan fingerprint density at radius 3 is 1.48 bits per heavy atom. The molecule has 64 heavy (non-hydrogen) atoms. The molecule has 1 fully saturated rings. The maximum atomic E-state index is 13.2. The zero-order valence-electron chi connectivity index (χ0n) is 37.9. The molecule has 364 valence electrons. The molecule has 19 nitrogen and oxygen atoms in total. The fraction of sp³-hybridized carbons (Fsp3) is 0.756. The Labute approximate surface area is 378 Å². The van der Waals surface area contributed by atoms with Crippen molar-refractivity contribution in [2.75, 3.05) is 151 Å². The van der Waals surface area contributed by atoms with E-state index in [2.05, 4.69) is 17.6 Å². The van der Waals surface area contributed by atoms with Gasteiger partial charge in [-0.1, -0.05) is 51.5 Å². The predicted molar refractivity (Wildman–Crippen MR) is 233 cm³/mol. The maximum Gasteiger partial charge on any atom is 0.305 e. The number of benzene rings is 1. The Morgan fingerprint density at radius 1 is 0.578 bits per heavy atom. The lowest BCUT2D eigenvalue weighted by atomic mass is 10.0. The smallest absolute Gasteiger partial charge is 0.305 e. The van der Waals surface area contributed by atoms with Gasteiger partial charge in [-0.3, -0.25) is 34.2 Å². The van der Waals surface area contributed by atoms with Gasteiger partial charge >= 0.3 is 5.97 Å². The summed E-state index contributed by atoms with van der Waals surface area (Å²) in [4.78, 5) is 62.7. The van der Waals surface area contributed by atoms with Gasteiger partial charge in [0, 0.05) is 25.1 Å². The molecule has 0 spiro atoms. The molecule has 1 aromatic rings. The van der Waals surface area contributed by atoms with E-state index in [1.54, 1.807) is 18.2 Å². The highest BCUT2D eigenvalue weighted by Gasteiger charge is 2.45. The lowest BCUT2D eigenvalue weighted by Crippen LogP contribution is -2.54. The van der Waals surface area contributed by atoms with Crippen molar-refractivity contribution in [1.29, 1.82) is 0 Å². The number of hydrogen-bond acceptors (Lipinski definition) is 17. The minimum absolute atomic E-state index is 0.0628. The second-order valence-corrected chi connectivity index (χ2v) is 14.8. The van der Waals surface area contributed by atoms with Crippen molar-refractivity contribution in [2.45, 2.75) is 77.2 Å². The normalized spacial score (nSPS) is 15.0. The average molecular weight is 912 g/mol. The van der Waals surface area contributed by atoms with Crippen molar-refractivity contribution in [3.05, 3.63) is 29.3 Å². The fourth-order valence-electron chi connectivity index (χ4n) is 6.51. The summed E-state index contributed by atoms with van der Waals surface area (Å²) >= 11 is 0. The first kappa shape index (κ1) is 54.7. The molecule has 1 atom stereocenters. The zero-order valence-corrected chi connectivity index (χ0v) is 37.9. The van der Waals surface area contributed by atoms with Gasteiger partial charge in [-0.2, -0.15) is 0 Å². The number of rotatable bonds is 43. The standard InChI is InChI=1S/C45H73N3O16/c1-2-3-4-5-6-7-8-12-41(50)64-36-35-63-34-33-62-32-31-61-30-29-60-28-27-59-26-25-58-24-23-57-22-21-56-20-19-55-18-17-54-16-15-46-38-11-9-10-37-42(38)45(53)48(44(37)52)39-13-14-40(49)47-43(39)51/h9-11,39,46H,2-8,12-36H2,1H3,(H,47,49,51). The molecule has 0 aromatic heterocycles. The molecular formula is C45H73N3O16. The lowest BCUT2D eigenvalue weighted by molar-refractivity contribution is -0.145. The molecule has 19 heteroatoms. The number of nitrogens with one attached hydrogen (secondary N) is 2. The number of carbonyl (C=O) groups excluding carboxylic acids is 5. The number of anilines is 1. The number of nitrogens with zero attached hydrogens (tertiary/aromatic N) is 1. The quantitative estimate of drug-likeness (QED) is 0.0546. The number of imide groups is 2. The minimum atomic E-state index is -1.01. The number of carbonyl (C=O) groups is 5. The van der Waals surface area contributed by atoms with E-state index in [1.807, 2.05) is 0 Å². The Kier molecular flexibility index (Phi) is 31.3. The Balaban J connectivity index is 0.963. The summed E-state index contributed by atoms with van der Waals surface area (Å²) in [5.41, 5.74) is 0.899. The number of fused-ring (bicyclic) bond motifs is 1. The van der Waals surface area contributed by atoms with E-state index in [4.69, 9.17) is 52.1 Å². The van der Waals surface area contributed by atoms with E-state index < -0.39 is 29.7 Å². The van der Waals surface area contributed by atoms with Gasteiger partial charge in [0.05, 0.1) is 143 Å². The van der Waals surface area contributed by atoms with E-state index in [0.29, 0.717) is 151 Å². The summed E-state index contributed by atoms with van der Waals surface area (Å²) in [7, 11) is 0. The van der Waals surface area contributed by atoms with Crippen LogP contribution in [0.1, 0.15) is 91.8 Å². The topological polar surface area (TPSA) is 214 Å². The van der Waals surface area contributed by atoms with E-state index in [9.17, 15) is 24.0 Å². The molecule has 0 bridgehead atoms. The molecule has 0 saturated carbocycles. The van der Waals surface area contributed by atoms with Gasteiger partial charge in [-0.25, -0.2) is 0 Å². The Hall–Kier alpha value is -3.63. The molecule has 2 heterocycles. The summed E-state index contributed by atoms with van der Waals surface area (Å²) in [5, 5.41) is 5.33. The van der Waals surface area contributed by atoms with Crippen LogP contribution in [-0.2, 0) is 66.5 Å². The number of ether oxygens (including phenoxy) is 11. The number of hydrogen-bond donors (Lipinski definition) is 2. The van der Waals surface area contributed by atoms with Crippen LogP contribution in [0.25, 0.3) is 0 Å². The molecule has 3 rings (SSSR count). The monoisotopic (exact) mass is 911 g/mol. The van der Waals surface area contributed by atoms with Crippen LogP contribution in [-0.4, -0.2) is 186 Å². The average Bonchev–Trinajstić information content (AvgIpc) is 3.54. The van der Waals surface area contributed by atoms with Gasteiger partial charge in [0.25, 0.3) is 11.8 Å². The fourth-order valence-corrected chi connectivity index (χ4v) is 6.51. The van der Waals surface area contributed by atoms with Gasteiger partial charge in [0.1, 0.15) is 12.6 Å². The first-order valence-corrected chi connectivity index (χ1v) is 23.0. The summed E-state index contributed by atoms with van der Waals surface area (Å²) < 4.78 is 60.3. The van der Waals surface area contributed by atoms with Gasteiger partial charge in [-0.05, 0) is 25.0 Å². The summed E-state index contributed by atoms with van der Waals surface area (Å²) in [6, 6.07) is 3.90. The predicted octanol–water partition coefficient (Wildman–Crippen LogP) is 3.35. The molecular weight excluding hydrogens is 838 g/mol. The lowest BCUT2D eigenvalue weighted by Gasteiger charge is -2.27. The van der Waals surface area contributed by atoms with E-state index in [1.165, 1.54) is 32.1 Å². The van der Waals surface area contributed by atoms with Crippen molar-refractivity contribution < 1.29 is 76.1 Å². The molecule has 2 aliphatic heterocycles. The highest BCUT2D eigenvalue weighted by atomic mass is 16.6. The van der Waals surface area contributed by atoms with Crippen LogP contribution in [0.3, 0.4) is 0 Å². The molecule has 0 aliphatic carbocycles. The van der Waals surface area contributed by atoms with Crippen molar-refractivity contribution in [3.8, 4) is 0 Å². The van der Waals surface area contributed by atoms with E-state index >= 15 is 0 Å². The SMILES string of the molecule is CCCCCCCCCC(=O)OCCOCCOCCOCCOCCOCCOCCOCCOCCOCCOCCNc1cccc2c1C(=O)N(C1CCC(=O)NC1=O)C2=O. The molecule has 4 amide bonds. The molecule has 2 aliphatic rings. The summed E-state index contributed by atoms with van der Waals surface area (Å²) in [6.07, 6.45) is 8.87. The van der Waals surface area contributed by atoms with Gasteiger partial charge in [0.15, 0.2) is 0 Å². The third kappa shape index (κ3) is 24.1. The van der Waals surface area contributed by atoms with Crippen LogP contribution in [0.4, 0.5) is 5.69 Å². The van der Waals surface area contributed by atoms with Crippen LogP contribution in [0.2, 0.25) is 0 Å². The molecule has 1 saturated heterocycles. The molecule has 1 aromatic carbocycles. The Morgan fingerprint density at radius 2 is 1.02 bits per heavy atom. The summed E-state index contributed by atoms with van der Waals surface area (Å²) in [6.45, 7) is 11.6. The number of piperidine rings is 1. The highest BCUT2D eigenvalue weighted by Crippen LogP contribution is 2.32. The first-order valence-electron chi connectivity index (χ1n) is 23.0. The van der Waals surface area contributed by atoms with Crippen LogP contribution in [0.5, 0.6) is 0 Å². The van der Waals surface area contributed by atoms with E-state index in [-0.39, 0.29) is 36.5 Å². The second-order valence-electron chi connectivity index (χ2n) is 14.8. The van der Waals surface area contributed by atoms with Crippen LogP contribution < -0.4 is 10.6 Å². The molecule has 0 radical (unpaired) electrons. The number of esters is 1. The van der Waals surface area contributed by atoms with Crippen molar-refractivity contribution >= 4 is 35.3 Å². The Bertz CT molecular complexity index is 1450. The maximum absolute atomic E-state index is 13.2. The largest absolute Gasteiger partial charge is 0.463 e.